The molecule has 1 aromatic heterocycles. The van der Waals surface area contributed by atoms with Crippen LogP contribution < -0.4 is 5.32 Å². The van der Waals surface area contributed by atoms with Crippen LogP contribution in [-0.4, -0.2) is 4.98 Å². The van der Waals surface area contributed by atoms with Gasteiger partial charge in [0.2, 0.25) is 0 Å². The second kappa shape index (κ2) is 5.47. The minimum Gasteiger partial charge on any atom is -0.361 e. The molecule has 0 unspecified atom stereocenters. The van der Waals surface area contributed by atoms with Gasteiger partial charge in [0.05, 0.1) is 0 Å². The molecular weight excluding hydrogens is 251 g/mol. The van der Waals surface area contributed by atoms with Crippen LogP contribution in [0.4, 0.5) is 4.39 Å². The molecule has 3 heteroatoms. The Kier molecular flexibility index (Phi) is 3.52. The fourth-order valence-electron chi connectivity index (χ4n) is 2.45. The number of halogens is 1. The van der Waals surface area contributed by atoms with Crippen molar-refractivity contribution in [2.45, 2.75) is 19.5 Å². The Morgan fingerprint density at radius 1 is 1.15 bits per heavy atom. The number of para-hydroxylation sites is 1. The van der Waals surface area contributed by atoms with Crippen molar-refractivity contribution in [2.75, 3.05) is 0 Å². The molecule has 3 rings (SSSR count). The van der Waals surface area contributed by atoms with Gasteiger partial charge in [-0.1, -0.05) is 30.3 Å². The lowest BCUT2D eigenvalue weighted by Crippen LogP contribution is -2.18. The number of hydrogen-bond donors (Lipinski definition) is 2. The summed E-state index contributed by atoms with van der Waals surface area (Å²) in [6.45, 7) is 2.79. The zero-order valence-corrected chi connectivity index (χ0v) is 11.4. The van der Waals surface area contributed by atoms with Crippen molar-refractivity contribution < 1.29 is 4.39 Å². The van der Waals surface area contributed by atoms with Gasteiger partial charge in [-0.3, -0.25) is 0 Å². The molecule has 0 bridgehead atoms. The van der Waals surface area contributed by atoms with Crippen LogP contribution >= 0.6 is 0 Å². The lowest BCUT2D eigenvalue weighted by Gasteiger charge is -2.15. The third-order valence-corrected chi connectivity index (χ3v) is 3.62. The highest BCUT2D eigenvalue weighted by molar-refractivity contribution is 5.82. The molecule has 1 atom stereocenters. The zero-order valence-electron chi connectivity index (χ0n) is 11.4. The van der Waals surface area contributed by atoms with Crippen LogP contribution in [0.15, 0.2) is 54.7 Å². The summed E-state index contributed by atoms with van der Waals surface area (Å²) in [5.41, 5.74) is 3.34. The summed E-state index contributed by atoms with van der Waals surface area (Å²) in [5.74, 6) is -0.192. The van der Waals surface area contributed by atoms with Gasteiger partial charge in [-0.2, -0.15) is 0 Å². The summed E-state index contributed by atoms with van der Waals surface area (Å²) in [6.07, 6.45) is 1.95. The Balaban J connectivity index is 1.74. The Bertz CT molecular complexity index is 718. The number of hydrogen-bond acceptors (Lipinski definition) is 1. The van der Waals surface area contributed by atoms with E-state index in [9.17, 15) is 4.39 Å². The molecule has 0 aliphatic heterocycles. The summed E-state index contributed by atoms with van der Waals surface area (Å²) in [7, 11) is 0. The molecule has 0 fully saturated rings. The van der Waals surface area contributed by atoms with E-state index in [0.29, 0.717) is 0 Å². The molecule has 3 aromatic rings. The van der Waals surface area contributed by atoms with Crippen LogP contribution in [0.1, 0.15) is 24.1 Å². The van der Waals surface area contributed by atoms with E-state index in [0.717, 1.165) is 17.6 Å². The number of aromatic amines is 1. The lowest BCUT2D eigenvalue weighted by atomic mass is 10.1. The van der Waals surface area contributed by atoms with Gasteiger partial charge in [-0.15, -0.1) is 0 Å². The molecule has 0 amide bonds. The standard InChI is InChI=1S/C17H17FN2/c1-12(14-5-3-7-16(18)10-14)20-11-15-6-2-4-13-8-9-19-17(13)15/h2-10,12,19-20H,11H2,1H3/t12-/m1/s1. The van der Waals surface area contributed by atoms with Gasteiger partial charge < -0.3 is 10.3 Å². The fraction of sp³-hybridized carbons (Fsp3) is 0.176. The molecule has 2 N–H and O–H groups in total. The number of benzene rings is 2. The summed E-state index contributed by atoms with van der Waals surface area (Å²) in [4.78, 5) is 3.26. The van der Waals surface area contributed by atoms with E-state index < -0.39 is 0 Å². The first-order valence-electron chi connectivity index (χ1n) is 6.78. The zero-order chi connectivity index (χ0) is 13.9. The average molecular weight is 268 g/mol. The molecule has 20 heavy (non-hydrogen) atoms. The average Bonchev–Trinajstić information content (AvgIpc) is 2.93. The second-order valence-electron chi connectivity index (χ2n) is 5.02. The van der Waals surface area contributed by atoms with Crippen molar-refractivity contribution in [2.24, 2.45) is 0 Å². The lowest BCUT2D eigenvalue weighted by molar-refractivity contribution is 0.566. The monoisotopic (exact) mass is 268 g/mol. The molecule has 2 aromatic carbocycles. The number of nitrogens with one attached hydrogen (secondary N) is 2. The van der Waals surface area contributed by atoms with Gasteiger partial charge in [0, 0.05) is 24.3 Å². The number of H-pyrrole nitrogens is 1. The largest absolute Gasteiger partial charge is 0.361 e. The molecule has 102 valence electrons. The third kappa shape index (κ3) is 2.58. The van der Waals surface area contributed by atoms with E-state index in [1.165, 1.54) is 17.0 Å². The molecule has 0 saturated carbocycles. The molecule has 0 spiro atoms. The van der Waals surface area contributed by atoms with Gasteiger partial charge in [-0.25, -0.2) is 4.39 Å². The quantitative estimate of drug-likeness (QED) is 0.730. The van der Waals surface area contributed by atoms with E-state index in [1.807, 2.05) is 19.2 Å². The summed E-state index contributed by atoms with van der Waals surface area (Å²) in [5, 5.41) is 4.65. The highest BCUT2D eigenvalue weighted by Gasteiger charge is 2.07. The summed E-state index contributed by atoms with van der Waals surface area (Å²) < 4.78 is 13.2. The van der Waals surface area contributed by atoms with Crippen molar-refractivity contribution in [1.82, 2.24) is 10.3 Å². The van der Waals surface area contributed by atoms with Crippen LogP contribution in [0, 0.1) is 5.82 Å². The Morgan fingerprint density at radius 3 is 2.85 bits per heavy atom. The minimum atomic E-state index is -0.192. The van der Waals surface area contributed by atoms with E-state index in [-0.39, 0.29) is 11.9 Å². The highest BCUT2D eigenvalue weighted by Crippen LogP contribution is 2.19. The third-order valence-electron chi connectivity index (χ3n) is 3.62. The predicted octanol–water partition coefficient (Wildman–Crippen LogP) is 4.16. The fourth-order valence-corrected chi connectivity index (χ4v) is 2.45. The van der Waals surface area contributed by atoms with Gasteiger partial charge in [-0.05, 0) is 41.6 Å². The smallest absolute Gasteiger partial charge is 0.123 e. The maximum atomic E-state index is 13.2. The summed E-state index contributed by atoms with van der Waals surface area (Å²) >= 11 is 0. The van der Waals surface area contributed by atoms with Gasteiger partial charge in [0.25, 0.3) is 0 Å². The first kappa shape index (κ1) is 12.9. The first-order chi connectivity index (χ1) is 9.74. The van der Waals surface area contributed by atoms with Crippen molar-refractivity contribution in [3.05, 3.63) is 71.7 Å². The maximum absolute atomic E-state index is 13.2. The van der Waals surface area contributed by atoms with Gasteiger partial charge in [0.1, 0.15) is 5.82 Å². The van der Waals surface area contributed by atoms with Crippen LogP contribution in [-0.2, 0) is 6.54 Å². The second-order valence-corrected chi connectivity index (χ2v) is 5.02. The number of fused-ring (bicyclic) bond motifs is 1. The molecule has 0 saturated heterocycles. The predicted molar refractivity (Wildman–Crippen MR) is 80.0 cm³/mol. The topological polar surface area (TPSA) is 27.8 Å². The molecule has 2 nitrogen and oxygen atoms in total. The molecule has 0 aliphatic carbocycles. The highest BCUT2D eigenvalue weighted by atomic mass is 19.1. The Hall–Kier alpha value is -2.13. The molecule has 0 aliphatic rings. The van der Waals surface area contributed by atoms with Crippen molar-refractivity contribution in [3.8, 4) is 0 Å². The van der Waals surface area contributed by atoms with Crippen LogP contribution in [0.5, 0.6) is 0 Å². The Morgan fingerprint density at radius 2 is 2.00 bits per heavy atom. The van der Waals surface area contributed by atoms with E-state index in [1.54, 1.807) is 12.1 Å². The Labute approximate surface area is 117 Å². The molecular formula is C17H17FN2. The van der Waals surface area contributed by atoms with E-state index in [4.69, 9.17) is 0 Å². The molecule has 1 heterocycles. The normalized spacial score (nSPS) is 12.7. The van der Waals surface area contributed by atoms with Crippen LogP contribution in [0.2, 0.25) is 0 Å². The van der Waals surface area contributed by atoms with Crippen molar-refractivity contribution in [1.29, 1.82) is 0 Å². The van der Waals surface area contributed by atoms with Crippen molar-refractivity contribution in [3.63, 3.8) is 0 Å². The van der Waals surface area contributed by atoms with E-state index >= 15 is 0 Å². The first-order valence-corrected chi connectivity index (χ1v) is 6.78. The molecule has 0 radical (unpaired) electrons. The van der Waals surface area contributed by atoms with Crippen LogP contribution in [0.3, 0.4) is 0 Å². The number of aromatic nitrogens is 1. The summed E-state index contributed by atoms with van der Waals surface area (Å²) in [6, 6.07) is 15.1. The SMILES string of the molecule is C[C@@H](NCc1cccc2cc[nH]c12)c1cccc(F)c1. The number of rotatable bonds is 4. The van der Waals surface area contributed by atoms with Crippen LogP contribution in [0.25, 0.3) is 10.9 Å². The van der Waals surface area contributed by atoms with Gasteiger partial charge in [0.15, 0.2) is 0 Å². The minimum absolute atomic E-state index is 0.107. The van der Waals surface area contributed by atoms with Gasteiger partial charge >= 0.3 is 0 Å². The maximum Gasteiger partial charge on any atom is 0.123 e. The van der Waals surface area contributed by atoms with E-state index in [2.05, 4.69) is 34.6 Å². The van der Waals surface area contributed by atoms with Crippen molar-refractivity contribution >= 4 is 10.9 Å².